The Morgan fingerprint density at radius 2 is 1.00 bits per heavy atom. The molecule has 10 rings (SSSR count). The van der Waals surface area contributed by atoms with E-state index in [1.165, 1.54) is 79.3 Å². The zero-order valence-electron chi connectivity index (χ0n) is 24.5. The van der Waals surface area contributed by atoms with Crippen molar-refractivity contribution in [3.63, 3.8) is 0 Å². The van der Waals surface area contributed by atoms with E-state index in [1.54, 1.807) is 0 Å². The molecule has 0 spiro atoms. The molecular weight excluding hydrogens is 581 g/mol. The Bertz CT molecular complexity index is 2510. The topological polar surface area (TPSA) is 0 Å². The fourth-order valence-corrected chi connectivity index (χ4v) is 9.84. The summed E-state index contributed by atoms with van der Waals surface area (Å²) >= 11 is 3.78. The first-order valence-corrected chi connectivity index (χ1v) is 17.3. The average molecular weight is 609 g/mol. The summed E-state index contributed by atoms with van der Waals surface area (Å²) in [5.74, 6) is 0.498. The number of thiophene rings is 2. The first kappa shape index (κ1) is 25.6. The van der Waals surface area contributed by atoms with Crippen LogP contribution in [0.5, 0.6) is 0 Å². The molecule has 0 nitrogen and oxygen atoms in total. The van der Waals surface area contributed by atoms with Gasteiger partial charge in [0, 0.05) is 45.8 Å². The molecule has 1 fully saturated rings. The van der Waals surface area contributed by atoms with Gasteiger partial charge in [0.05, 0.1) is 0 Å². The van der Waals surface area contributed by atoms with Gasteiger partial charge in [-0.15, -0.1) is 22.7 Å². The van der Waals surface area contributed by atoms with Crippen LogP contribution in [-0.4, -0.2) is 0 Å². The molecule has 2 heterocycles. The van der Waals surface area contributed by atoms with E-state index in [-0.39, 0.29) is 5.41 Å². The lowest BCUT2D eigenvalue weighted by Crippen LogP contribution is -2.12. The average Bonchev–Trinajstić information content (AvgIpc) is 3.59. The number of rotatable bonds is 4. The highest BCUT2D eigenvalue weighted by Gasteiger charge is 2.57. The summed E-state index contributed by atoms with van der Waals surface area (Å²) < 4.78 is 5.40. The zero-order valence-corrected chi connectivity index (χ0v) is 26.2. The maximum Gasteiger partial charge on any atom is 0.0355 e. The minimum absolute atomic E-state index is 0.0693. The van der Waals surface area contributed by atoms with Crippen molar-refractivity contribution in [2.24, 2.45) is 5.92 Å². The van der Waals surface area contributed by atoms with Crippen molar-refractivity contribution < 1.29 is 0 Å². The van der Waals surface area contributed by atoms with Crippen LogP contribution < -0.4 is 0 Å². The van der Waals surface area contributed by atoms with Crippen molar-refractivity contribution in [1.29, 1.82) is 0 Å². The Kier molecular flexibility index (Phi) is 5.46. The van der Waals surface area contributed by atoms with Gasteiger partial charge < -0.3 is 0 Å². The predicted octanol–water partition coefficient (Wildman–Crippen LogP) is 12.5. The van der Waals surface area contributed by atoms with Gasteiger partial charge in [0.25, 0.3) is 0 Å². The minimum Gasteiger partial charge on any atom is -0.135 e. The predicted molar refractivity (Wildman–Crippen MR) is 196 cm³/mol. The van der Waals surface area contributed by atoms with E-state index in [0.717, 1.165) is 6.42 Å². The standard InChI is InChI=1S/C43H28S2/c1-3-9-27(10-4-1)31-24-34(38-26-43(38,25-31)32-11-5-2-6-12-32)30-17-20-42-37(23-30)36-22-29(16-19-41(36)45-42)28-15-18-40-35(21-28)33-13-7-8-14-39(33)44-40/h1-25,38H,26H2. The van der Waals surface area contributed by atoms with E-state index < -0.39 is 0 Å². The van der Waals surface area contributed by atoms with E-state index in [0.29, 0.717) is 5.92 Å². The lowest BCUT2D eigenvalue weighted by atomic mass is 9.81. The Morgan fingerprint density at radius 3 is 1.69 bits per heavy atom. The van der Waals surface area contributed by atoms with Gasteiger partial charge in [-0.05, 0) is 93.8 Å². The number of fused-ring (bicyclic) bond motifs is 7. The largest absolute Gasteiger partial charge is 0.135 e. The van der Waals surface area contributed by atoms with Gasteiger partial charge in [-0.3, -0.25) is 0 Å². The third kappa shape index (κ3) is 3.96. The molecule has 212 valence electrons. The molecule has 2 atom stereocenters. The third-order valence-corrected chi connectivity index (χ3v) is 12.3. The molecule has 45 heavy (non-hydrogen) atoms. The molecule has 2 aromatic heterocycles. The first-order valence-electron chi connectivity index (χ1n) is 15.7. The van der Waals surface area contributed by atoms with Crippen LogP contribution >= 0.6 is 22.7 Å². The van der Waals surface area contributed by atoms with E-state index >= 15 is 0 Å². The third-order valence-electron chi connectivity index (χ3n) is 10.0. The van der Waals surface area contributed by atoms with Crippen LogP contribution in [0, 0.1) is 5.92 Å². The maximum absolute atomic E-state index is 2.55. The van der Waals surface area contributed by atoms with Crippen molar-refractivity contribution in [3.8, 4) is 11.1 Å². The van der Waals surface area contributed by atoms with Gasteiger partial charge in [-0.25, -0.2) is 0 Å². The number of allylic oxidation sites excluding steroid dienone is 4. The quantitative estimate of drug-likeness (QED) is 0.186. The number of hydrogen-bond acceptors (Lipinski definition) is 2. The molecule has 2 aliphatic carbocycles. The Balaban J connectivity index is 1.11. The molecular formula is C43H28S2. The van der Waals surface area contributed by atoms with Gasteiger partial charge in [-0.2, -0.15) is 0 Å². The summed E-state index contributed by atoms with van der Waals surface area (Å²) in [6.45, 7) is 0. The molecule has 0 saturated heterocycles. The van der Waals surface area contributed by atoms with Crippen LogP contribution in [0.3, 0.4) is 0 Å². The lowest BCUT2D eigenvalue weighted by Gasteiger charge is -2.23. The summed E-state index contributed by atoms with van der Waals surface area (Å²) in [5.41, 5.74) is 9.49. The zero-order chi connectivity index (χ0) is 29.5. The molecule has 0 bridgehead atoms. The summed E-state index contributed by atoms with van der Waals surface area (Å²) in [4.78, 5) is 0. The van der Waals surface area contributed by atoms with Crippen molar-refractivity contribution >= 4 is 74.2 Å². The van der Waals surface area contributed by atoms with Gasteiger partial charge >= 0.3 is 0 Å². The fraction of sp³-hybridized carbons (Fsp3) is 0.0698. The Hall–Kier alpha value is -4.76. The van der Waals surface area contributed by atoms with E-state index in [1.807, 2.05) is 22.7 Å². The summed E-state index contributed by atoms with van der Waals surface area (Å²) in [6.07, 6.45) is 6.17. The molecule has 2 heteroatoms. The lowest BCUT2D eigenvalue weighted by molar-refractivity contribution is 0.831. The number of benzene rings is 6. The van der Waals surface area contributed by atoms with Crippen LogP contribution in [0.15, 0.2) is 152 Å². The first-order chi connectivity index (χ1) is 22.2. The van der Waals surface area contributed by atoms with Gasteiger partial charge in [-0.1, -0.05) is 109 Å². The Morgan fingerprint density at radius 1 is 0.467 bits per heavy atom. The smallest absolute Gasteiger partial charge is 0.0355 e. The molecule has 8 aromatic rings. The highest BCUT2D eigenvalue weighted by atomic mass is 32.1. The SMILES string of the molecule is C1=C(c2ccccc2)C=C(c2ccc3sc4ccc(-c5ccc6sc7ccccc7c6c5)cc4c3c2)C2CC12c1ccccc1. The number of hydrogen-bond donors (Lipinski definition) is 0. The van der Waals surface area contributed by atoms with Gasteiger partial charge in [0.2, 0.25) is 0 Å². The minimum atomic E-state index is 0.0693. The van der Waals surface area contributed by atoms with Crippen molar-refractivity contribution in [2.75, 3.05) is 0 Å². The highest BCUT2D eigenvalue weighted by molar-refractivity contribution is 7.26. The second-order valence-corrected chi connectivity index (χ2v) is 14.7. The van der Waals surface area contributed by atoms with Crippen LogP contribution in [0.1, 0.15) is 23.1 Å². The van der Waals surface area contributed by atoms with E-state index in [9.17, 15) is 0 Å². The monoisotopic (exact) mass is 608 g/mol. The van der Waals surface area contributed by atoms with Crippen LogP contribution in [0.4, 0.5) is 0 Å². The van der Waals surface area contributed by atoms with Crippen molar-refractivity contribution in [1.82, 2.24) is 0 Å². The summed E-state index contributed by atoms with van der Waals surface area (Å²) in [7, 11) is 0. The molecule has 0 aliphatic heterocycles. The van der Waals surface area contributed by atoms with Gasteiger partial charge in [0.1, 0.15) is 0 Å². The fourth-order valence-electron chi connectivity index (χ4n) is 7.69. The van der Waals surface area contributed by atoms with Crippen LogP contribution in [0.25, 0.3) is 62.6 Å². The van der Waals surface area contributed by atoms with Crippen molar-refractivity contribution in [2.45, 2.75) is 11.8 Å². The van der Waals surface area contributed by atoms with Crippen LogP contribution in [-0.2, 0) is 5.41 Å². The highest BCUT2D eigenvalue weighted by Crippen LogP contribution is 2.64. The molecule has 2 aliphatic rings. The van der Waals surface area contributed by atoms with Crippen molar-refractivity contribution in [3.05, 3.63) is 168 Å². The summed E-state index contributed by atoms with van der Waals surface area (Å²) in [6, 6.07) is 52.0. The van der Waals surface area contributed by atoms with Gasteiger partial charge in [0.15, 0.2) is 0 Å². The Labute approximate surface area is 270 Å². The molecule has 0 amide bonds. The molecule has 1 saturated carbocycles. The molecule has 0 radical (unpaired) electrons. The maximum atomic E-state index is 2.55. The second-order valence-electron chi connectivity index (χ2n) is 12.6. The normalized spacial score (nSPS) is 19.2. The molecule has 6 aromatic carbocycles. The van der Waals surface area contributed by atoms with Crippen LogP contribution in [0.2, 0.25) is 0 Å². The van der Waals surface area contributed by atoms with E-state index in [4.69, 9.17) is 0 Å². The molecule has 2 unspecified atom stereocenters. The van der Waals surface area contributed by atoms with E-state index in [2.05, 4.69) is 152 Å². The second kappa shape index (κ2) is 9.62. The molecule has 0 N–H and O–H groups in total. The summed E-state index contributed by atoms with van der Waals surface area (Å²) in [5, 5.41) is 5.41.